The van der Waals surface area contributed by atoms with Crippen LogP contribution in [-0.4, -0.2) is 30.2 Å². The number of benzene rings is 1. The minimum atomic E-state index is -0.129. The number of imidazole rings is 1. The third-order valence-corrected chi connectivity index (χ3v) is 5.55. The maximum atomic E-state index is 12.6. The molecule has 9 heteroatoms. The number of carbonyl (C=O) groups excluding carboxylic acids is 1. The molecule has 1 atom stereocenters. The second kappa shape index (κ2) is 7.91. The molecular weight excluding hydrogens is 392 g/mol. The van der Waals surface area contributed by atoms with Gasteiger partial charge in [0.15, 0.2) is 10.6 Å². The van der Waals surface area contributed by atoms with Crippen LogP contribution in [-0.2, 0) is 11.3 Å². The molecule has 0 radical (unpaired) electrons. The monoisotopic (exact) mass is 410 g/mol. The molecule has 0 aliphatic carbocycles. The number of thiophene rings is 1. The minimum absolute atomic E-state index is 0.111. The van der Waals surface area contributed by atoms with Crippen molar-refractivity contribution >= 4 is 29.5 Å². The summed E-state index contributed by atoms with van der Waals surface area (Å²) < 4.78 is 4.07. The number of hydrogen-bond donors (Lipinski definition) is 2. The highest BCUT2D eigenvalue weighted by molar-refractivity contribution is 7.71. The number of hydrogen-bond acceptors (Lipinski definition) is 5. The lowest BCUT2D eigenvalue weighted by Crippen LogP contribution is -2.30. The van der Waals surface area contributed by atoms with E-state index in [1.807, 2.05) is 59.5 Å². The van der Waals surface area contributed by atoms with Crippen LogP contribution in [0.4, 0.5) is 0 Å². The van der Waals surface area contributed by atoms with Gasteiger partial charge in [-0.2, -0.15) is 5.10 Å². The quantitative estimate of drug-likeness (QED) is 0.475. The first-order chi connectivity index (χ1) is 13.6. The summed E-state index contributed by atoms with van der Waals surface area (Å²) in [6.45, 7) is 2.07. The zero-order valence-corrected chi connectivity index (χ0v) is 16.7. The molecule has 0 fully saturated rings. The van der Waals surface area contributed by atoms with E-state index >= 15 is 0 Å². The second-order valence-corrected chi connectivity index (χ2v) is 7.60. The van der Waals surface area contributed by atoms with Crippen LogP contribution in [0.15, 0.2) is 60.5 Å². The first kappa shape index (κ1) is 18.3. The Morgan fingerprint density at radius 3 is 2.82 bits per heavy atom. The van der Waals surface area contributed by atoms with Crippen LogP contribution in [0.3, 0.4) is 0 Å². The van der Waals surface area contributed by atoms with Crippen LogP contribution in [0.5, 0.6) is 0 Å². The average molecular weight is 411 g/mol. The van der Waals surface area contributed by atoms with E-state index in [4.69, 9.17) is 12.2 Å². The van der Waals surface area contributed by atoms with E-state index in [9.17, 15) is 4.79 Å². The van der Waals surface area contributed by atoms with Gasteiger partial charge in [0.25, 0.3) is 0 Å². The molecule has 3 heterocycles. The summed E-state index contributed by atoms with van der Waals surface area (Å²) in [7, 11) is 0. The maximum absolute atomic E-state index is 12.6. The van der Waals surface area contributed by atoms with E-state index in [1.54, 1.807) is 28.4 Å². The molecule has 3 aromatic heterocycles. The first-order valence-corrected chi connectivity index (χ1v) is 9.97. The van der Waals surface area contributed by atoms with Gasteiger partial charge < -0.3 is 9.88 Å². The van der Waals surface area contributed by atoms with Gasteiger partial charge in [0, 0.05) is 18.1 Å². The van der Waals surface area contributed by atoms with Crippen molar-refractivity contribution in [2.45, 2.75) is 19.5 Å². The Labute approximate surface area is 170 Å². The van der Waals surface area contributed by atoms with E-state index in [-0.39, 0.29) is 18.5 Å². The van der Waals surface area contributed by atoms with Crippen molar-refractivity contribution in [3.8, 4) is 16.4 Å². The fraction of sp³-hybridized carbons (Fsp3) is 0.158. The Morgan fingerprint density at radius 1 is 1.32 bits per heavy atom. The molecule has 0 aliphatic rings. The van der Waals surface area contributed by atoms with Crippen LogP contribution < -0.4 is 5.32 Å². The van der Waals surface area contributed by atoms with Gasteiger partial charge in [-0.1, -0.05) is 18.2 Å². The number of aromatic amines is 1. The SMILES string of the molecule is C[C@@H](NC(=O)Cn1c(-c2cccs2)n[nH]c1=S)c1ccc(-n2ccnc2)cc1. The first-order valence-electron chi connectivity index (χ1n) is 8.68. The molecule has 0 saturated heterocycles. The predicted octanol–water partition coefficient (Wildman–Crippen LogP) is 3.73. The average Bonchev–Trinajstić information content (AvgIpc) is 3.45. The smallest absolute Gasteiger partial charge is 0.240 e. The van der Waals surface area contributed by atoms with Crippen LogP contribution >= 0.6 is 23.6 Å². The van der Waals surface area contributed by atoms with Crippen molar-refractivity contribution in [2.24, 2.45) is 0 Å². The van der Waals surface area contributed by atoms with Crippen molar-refractivity contribution in [1.29, 1.82) is 0 Å². The van der Waals surface area contributed by atoms with Gasteiger partial charge in [0.1, 0.15) is 6.54 Å². The maximum Gasteiger partial charge on any atom is 0.240 e. The summed E-state index contributed by atoms with van der Waals surface area (Å²) in [5.74, 6) is 0.550. The third kappa shape index (κ3) is 3.80. The van der Waals surface area contributed by atoms with E-state index < -0.39 is 0 Å². The fourth-order valence-electron chi connectivity index (χ4n) is 2.92. The van der Waals surface area contributed by atoms with Crippen molar-refractivity contribution in [3.63, 3.8) is 0 Å². The van der Waals surface area contributed by atoms with Crippen LogP contribution in [0.25, 0.3) is 16.4 Å². The highest BCUT2D eigenvalue weighted by Gasteiger charge is 2.15. The van der Waals surface area contributed by atoms with Crippen LogP contribution in [0.2, 0.25) is 0 Å². The Morgan fingerprint density at radius 2 is 2.14 bits per heavy atom. The normalized spacial score (nSPS) is 12.0. The molecule has 0 bridgehead atoms. The molecular formula is C19H18N6OS2. The molecule has 0 saturated carbocycles. The van der Waals surface area contributed by atoms with Gasteiger partial charge >= 0.3 is 0 Å². The lowest BCUT2D eigenvalue weighted by Gasteiger charge is -2.15. The standard InChI is InChI=1S/C19H18N6OS2/c1-13(14-4-6-15(7-5-14)24-9-8-20-12-24)21-17(26)11-25-18(22-23-19(25)27)16-3-2-10-28-16/h2-10,12-13H,11H2,1H3,(H,21,26)(H,23,27)/t13-/m1/s1. The van der Waals surface area contributed by atoms with Crippen molar-refractivity contribution < 1.29 is 4.79 Å². The lowest BCUT2D eigenvalue weighted by molar-refractivity contribution is -0.122. The lowest BCUT2D eigenvalue weighted by atomic mass is 10.1. The summed E-state index contributed by atoms with van der Waals surface area (Å²) in [6.07, 6.45) is 5.38. The van der Waals surface area contributed by atoms with Crippen LogP contribution in [0.1, 0.15) is 18.5 Å². The largest absolute Gasteiger partial charge is 0.348 e. The van der Waals surface area contributed by atoms with Gasteiger partial charge in [-0.05, 0) is 48.3 Å². The number of nitrogens with zero attached hydrogens (tertiary/aromatic N) is 4. The molecule has 4 aromatic rings. The molecule has 0 aliphatic heterocycles. The molecule has 2 N–H and O–H groups in total. The number of carbonyl (C=O) groups is 1. The van der Waals surface area contributed by atoms with Gasteiger partial charge in [-0.25, -0.2) is 4.98 Å². The summed E-state index contributed by atoms with van der Waals surface area (Å²) >= 11 is 6.84. The van der Waals surface area contributed by atoms with Crippen LogP contribution in [0, 0.1) is 4.77 Å². The van der Waals surface area contributed by atoms with Gasteiger partial charge in [-0.15, -0.1) is 11.3 Å². The number of aromatic nitrogens is 5. The Bertz CT molecular complexity index is 1110. The zero-order chi connectivity index (χ0) is 19.5. The molecule has 1 aromatic carbocycles. The summed E-state index contributed by atoms with van der Waals surface area (Å²) in [5.41, 5.74) is 2.04. The Hall–Kier alpha value is -3.04. The molecule has 28 heavy (non-hydrogen) atoms. The molecule has 0 spiro atoms. The summed E-state index contributed by atoms with van der Waals surface area (Å²) in [5, 5.41) is 12.0. The van der Waals surface area contributed by atoms with Crippen molar-refractivity contribution in [3.05, 3.63) is 70.8 Å². The summed E-state index contributed by atoms with van der Waals surface area (Å²) in [6, 6.07) is 11.8. The number of amides is 1. The highest BCUT2D eigenvalue weighted by Crippen LogP contribution is 2.23. The topological polar surface area (TPSA) is 80.5 Å². The second-order valence-electron chi connectivity index (χ2n) is 6.27. The molecule has 0 unspecified atom stereocenters. The minimum Gasteiger partial charge on any atom is -0.348 e. The molecule has 1 amide bonds. The zero-order valence-electron chi connectivity index (χ0n) is 15.1. The van der Waals surface area contributed by atoms with Crippen molar-refractivity contribution in [2.75, 3.05) is 0 Å². The van der Waals surface area contributed by atoms with E-state index in [2.05, 4.69) is 20.5 Å². The third-order valence-electron chi connectivity index (χ3n) is 4.37. The Kier molecular flexibility index (Phi) is 5.18. The molecule has 4 rings (SSSR count). The predicted molar refractivity (Wildman–Crippen MR) is 111 cm³/mol. The highest BCUT2D eigenvalue weighted by atomic mass is 32.1. The summed E-state index contributed by atoms with van der Waals surface area (Å²) in [4.78, 5) is 17.6. The van der Waals surface area contributed by atoms with Crippen molar-refractivity contribution in [1.82, 2.24) is 29.6 Å². The van der Waals surface area contributed by atoms with E-state index in [1.165, 1.54) is 0 Å². The van der Waals surface area contributed by atoms with Gasteiger partial charge in [0.05, 0.1) is 17.2 Å². The fourth-order valence-corrected chi connectivity index (χ4v) is 3.84. The van der Waals surface area contributed by atoms with E-state index in [0.717, 1.165) is 16.1 Å². The number of rotatable bonds is 6. The molecule has 7 nitrogen and oxygen atoms in total. The van der Waals surface area contributed by atoms with Gasteiger partial charge in [-0.3, -0.25) is 14.5 Å². The van der Waals surface area contributed by atoms with Gasteiger partial charge in [0.2, 0.25) is 5.91 Å². The molecule has 142 valence electrons. The van der Waals surface area contributed by atoms with E-state index in [0.29, 0.717) is 10.6 Å². The number of nitrogens with one attached hydrogen (secondary N) is 2. The number of H-pyrrole nitrogens is 1. The Balaban J connectivity index is 1.44.